The Bertz CT molecular complexity index is 1440. The number of imidazole rings is 1. The van der Waals surface area contributed by atoms with E-state index in [0.29, 0.717) is 34.0 Å². The number of hydrogen-bond donors (Lipinski definition) is 3. The van der Waals surface area contributed by atoms with Gasteiger partial charge in [-0.1, -0.05) is 11.6 Å². The normalized spacial score (nSPS) is 14.3. The largest absolute Gasteiger partial charge is 0.418 e. The van der Waals surface area contributed by atoms with Crippen molar-refractivity contribution in [1.82, 2.24) is 25.1 Å². The molecule has 1 unspecified atom stereocenters. The molecule has 1 aliphatic carbocycles. The van der Waals surface area contributed by atoms with Crippen LogP contribution >= 0.6 is 11.6 Å². The smallest absolute Gasteiger partial charge is 0.342 e. The summed E-state index contributed by atoms with van der Waals surface area (Å²) in [6, 6.07) is 8.09. The number of nitrogens with two attached hydrogens (primary N) is 1. The van der Waals surface area contributed by atoms with E-state index < -0.39 is 23.7 Å². The number of alkyl halides is 3. The molecule has 0 fully saturated rings. The average Bonchev–Trinajstić information content (AvgIpc) is 3.52. The van der Waals surface area contributed by atoms with Crippen molar-refractivity contribution in [2.24, 2.45) is 5.73 Å². The first-order chi connectivity index (χ1) is 16.7. The number of halogens is 4. The zero-order valence-corrected chi connectivity index (χ0v) is 19.5. The fraction of sp³-hybridized carbons (Fsp3) is 0.292. The Labute approximate surface area is 203 Å². The second-order valence-electron chi connectivity index (χ2n) is 8.55. The van der Waals surface area contributed by atoms with Crippen LogP contribution in [0, 0.1) is 0 Å². The Hall–Kier alpha value is -3.37. The Morgan fingerprint density at radius 3 is 2.80 bits per heavy atom. The second-order valence-corrected chi connectivity index (χ2v) is 8.99. The summed E-state index contributed by atoms with van der Waals surface area (Å²) in [5.74, 6) is -0.189. The maximum Gasteiger partial charge on any atom is 0.418 e. The van der Waals surface area contributed by atoms with Gasteiger partial charge in [0.1, 0.15) is 5.82 Å². The monoisotopic (exact) mass is 502 g/mol. The zero-order valence-electron chi connectivity index (χ0n) is 18.7. The minimum absolute atomic E-state index is 0.116. The molecule has 1 atom stereocenters. The van der Waals surface area contributed by atoms with Gasteiger partial charge in [0.25, 0.3) is 5.91 Å². The van der Waals surface area contributed by atoms with E-state index >= 15 is 0 Å². The molecule has 2 aromatic heterocycles. The summed E-state index contributed by atoms with van der Waals surface area (Å²) in [5.41, 5.74) is 8.22. The van der Waals surface area contributed by atoms with Gasteiger partial charge in [0.05, 0.1) is 34.0 Å². The first-order valence-corrected chi connectivity index (χ1v) is 11.5. The van der Waals surface area contributed by atoms with E-state index in [4.69, 9.17) is 17.3 Å². The number of amides is 1. The van der Waals surface area contributed by atoms with Crippen LogP contribution < -0.4 is 11.1 Å². The van der Waals surface area contributed by atoms with E-state index in [9.17, 15) is 18.0 Å². The third-order valence-electron chi connectivity index (χ3n) is 6.22. The topological polar surface area (TPSA) is 102 Å². The van der Waals surface area contributed by atoms with Crippen molar-refractivity contribution in [3.8, 4) is 5.69 Å². The number of fused-ring (bicyclic) bond motifs is 2. The highest BCUT2D eigenvalue weighted by Crippen LogP contribution is 2.37. The molecule has 0 saturated carbocycles. The van der Waals surface area contributed by atoms with Gasteiger partial charge in [0.2, 0.25) is 0 Å². The van der Waals surface area contributed by atoms with E-state index in [1.165, 1.54) is 16.8 Å². The van der Waals surface area contributed by atoms with Crippen molar-refractivity contribution in [3.63, 3.8) is 0 Å². The SMILES string of the molecule is CC(NC(=O)c1ccc(-n2nc(CN)c3c2CCC3)c(C(F)(F)F)c1)c1nc2ccc(Cl)cc2[nH]1. The number of nitrogens with one attached hydrogen (secondary N) is 2. The lowest BCUT2D eigenvalue weighted by molar-refractivity contribution is -0.137. The molecule has 4 aromatic rings. The third-order valence-corrected chi connectivity index (χ3v) is 6.45. The summed E-state index contributed by atoms with van der Waals surface area (Å²) < 4.78 is 43.5. The van der Waals surface area contributed by atoms with Crippen LogP contribution in [0.1, 0.15) is 58.1 Å². The molecular weight excluding hydrogens is 481 g/mol. The highest BCUT2D eigenvalue weighted by atomic mass is 35.5. The lowest BCUT2D eigenvalue weighted by Gasteiger charge is -2.17. The number of nitrogens with zero attached hydrogens (tertiary/aromatic N) is 3. The highest BCUT2D eigenvalue weighted by Gasteiger charge is 2.36. The summed E-state index contributed by atoms with van der Waals surface area (Å²) in [6.07, 6.45) is -2.47. The zero-order chi connectivity index (χ0) is 24.9. The lowest BCUT2D eigenvalue weighted by atomic mass is 10.1. The first-order valence-electron chi connectivity index (χ1n) is 11.1. The van der Waals surface area contributed by atoms with Crippen LogP contribution in [-0.2, 0) is 25.6 Å². The van der Waals surface area contributed by atoms with Crippen molar-refractivity contribution in [3.05, 3.63) is 75.3 Å². The van der Waals surface area contributed by atoms with Gasteiger partial charge >= 0.3 is 6.18 Å². The summed E-state index contributed by atoms with van der Waals surface area (Å²) >= 11 is 6.00. The molecule has 1 aliphatic rings. The van der Waals surface area contributed by atoms with Gasteiger partial charge in [-0.15, -0.1) is 0 Å². The van der Waals surface area contributed by atoms with Crippen LogP contribution in [-0.4, -0.2) is 25.7 Å². The van der Waals surface area contributed by atoms with Crippen LogP contribution in [0.3, 0.4) is 0 Å². The molecule has 2 aromatic carbocycles. The quantitative estimate of drug-likeness (QED) is 0.363. The molecule has 2 heterocycles. The number of hydrogen-bond acceptors (Lipinski definition) is 4. The third kappa shape index (κ3) is 4.28. The van der Waals surface area contributed by atoms with Crippen LogP contribution in [0.4, 0.5) is 13.2 Å². The average molecular weight is 503 g/mol. The van der Waals surface area contributed by atoms with Crippen molar-refractivity contribution >= 4 is 28.5 Å². The Kier molecular flexibility index (Phi) is 5.80. The fourth-order valence-electron chi connectivity index (χ4n) is 4.52. The van der Waals surface area contributed by atoms with E-state index in [2.05, 4.69) is 20.4 Å². The van der Waals surface area contributed by atoms with Gasteiger partial charge in [-0.3, -0.25) is 4.79 Å². The molecule has 1 amide bonds. The molecule has 0 bridgehead atoms. The number of carbonyl (C=O) groups is 1. The van der Waals surface area contributed by atoms with Gasteiger partial charge in [-0.25, -0.2) is 9.67 Å². The molecule has 0 radical (unpaired) electrons. The van der Waals surface area contributed by atoms with Crippen molar-refractivity contribution < 1.29 is 18.0 Å². The Morgan fingerprint density at radius 1 is 1.26 bits per heavy atom. The first kappa shape index (κ1) is 23.4. The van der Waals surface area contributed by atoms with E-state index in [1.807, 2.05) is 0 Å². The number of carbonyl (C=O) groups excluding carboxylic acids is 1. The molecule has 4 N–H and O–H groups in total. The number of benzene rings is 2. The van der Waals surface area contributed by atoms with E-state index in [0.717, 1.165) is 30.2 Å². The molecule has 35 heavy (non-hydrogen) atoms. The van der Waals surface area contributed by atoms with Gasteiger partial charge < -0.3 is 16.0 Å². The number of H-pyrrole nitrogens is 1. The number of rotatable bonds is 5. The molecule has 5 rings (SSSR count). The van der Waals surface area contributed by atoms with Crippen molar-refractivity contribution in [2.45, 2.75) is 44.9 Å². The van der Waals surface area contributed by atoms with Gasteiger partial charge in [0.15, 0.2) is 0 Å². The fourth-order valence-corrected chi connectivity index (χ4v) is 4.69. The van der Waals surface area contributed by atoms with Crippen LogP contribution in [0.25, 0.3) is 16.7 Å². The molecule has 182 valence electrons. The van der Waals surface area contributed by atoms with Crippen LogP contribution in [0.5, 0.6) is 0 Å². The highest BCUT2D eigenvalue weighted by molar-refractivity contribution is 6.31. The van der Waals surface area contributed by atoms with Gasteiger partial charge in [-0.2, -0.15) is 18.3 Å². The standard InChI is InChI=1S/C24H22ClF3N6O/c1-12(22-31-17-7-6-14(25)10-18(17)32-22)30-23(35)13-5-8-21(16(9-13)24(26,27)28)34-20-4-2-3-15(20)19(11-29)33-34/h5-10,12H,2-4,11,29H2,1H3,(H,30,35)(H,31,32). The molecule has 7 nitrogen and oxygen atoms in total. The summed E-state index contributed by atoms with van der Waals surface area (Å²) in [7, 11) is 0. The molecule has 0 saturated heterocycles. The summed E-state index contributed by atoms with van der Waals surface area (Å²) in [6.45, 7) is 1.85. The van der Waals surface area contributed by atoms with Crippen molar-refractivity contribution in [2.75, 3.05) is 0 Å². The van der Waals surface area contributed by atoms with Gasteiger partial charge in [0, 0.05) is 22.8 Å². The predicted molar refractivity (Wildman–Crippen MR) is 125 cm³/mol. The van der Waals surface area contributed by atoms with E-state index in [1.54, 1.807) is 25.1 Å². The number of aromatic nitrogens is 4. The maximum atomic E-state index is 14.1. The van der Waals surface area contributed by atoms with Crippen LogP contribution in [0.15, 0.2) is 36.4 Å². The maximum absolute atomic E-state index is 14.1. The lowest BCUT2D eigenvalue weighted by Crippen LogP contribution is -2.28. The molecule has 0 aliphatic heterocycles. The summed E-state index contributed by atoms with van der Waals surface area (Å²) in [5, 5.41) is 7.60. The molecule has 11 heteroatoms. The Morgan fingerprint density at radius 2 is 2.06 bits per heavy atom. The van der Waals surface area contributed by atoms with Crippen molar-refractivity contribution in [1.29, 1.82) is 0 Å². The van der Waals surface area contributed by atoms with E-state index in [-0.39, 0.29) is 17.8 Å². The summed E-state index contributed by atoms with van der Waals surface area (Å²) in [4.78, 5) is 20.4. The molecule has 0 spiro atoms. The minimum atomic E-state index is -4.68. The van der Waals surface area contributed by atoms with Gasteiger partial charge in [-0.05, 0) is 68.1 Å². The molecular formula is C24H22ClF3N6O. The Balaban J connectivity index is 1.46. The predicted octanol–water partition coefficient (Wildman–Crippen LogP) is 4.86. The number of aromatic amines is 1. The minimum Gasteiger partial charge on any atom is -0.342 e. The van der Waals surface area contributed by atoms with Crippen LogP contribution in [0.2, 0.25) is 5.02 Å². The second kappa shape index (κ2) is 8.69.